The fraction of sp³-hybridized carbons (Fsp3) is 0.476. The van der Waals surface area contributed by atoms with Gasteiger partial charge in [0.2, 0.25) is 5.91 Å². The highest BCUT2D eigenvalue weighted by molar-refractivity contribution is 14.0. The summed E-state index contributed by atoms with van der Waals surface area (Å²) in [5, 5.41) is 9.01. The van der Waals surface area contributed by atoms with E-state index in [1.165, 1.54) is 4.88 Å². The zero-order valence-electron chi connectivity index (χ0n) is 17.6. The van der Waals surface area contributed by atoms with E-state index in [-0.39, 0.29) is 36.4 Å². The summed E-state index contributed by atoms with van der Waals surface area (Å²) in [6, 6.07) is 10.6. The van der Waals surface area contributed by atoms with E-state index in [2.05, 4.69) is 49.1 Å². The Morgan fingerprint density at radius 1 is 1.27 bits per heavy atom. The van der Waals surface area contributed by atoms with Crippen LogP contribution in [0.1, 0.15) is 17.7 Å². The number of piperidine rings is 1. The number of likely N-dealkylation sites (N-methyl/N-ethyl adjacent to an activating group) is 1. The molecular formula is C21H31IN6OS. The predicted octanol–water partition coefficient (Wildman–Crippen LogP) is 2.60. The molecule has 2 N–H and O–H groups in total. The number of rotatable bonds is 7. The third-order valence-corrected chi connectivity index (χ3v) is 5.86. The molecule has 1 aliphatic rings. The molecule has 0 aliphatic carbocycles. The van der Waals surface area contributed by atoms with E-state index >= 15 is 0 Å². The number of aliphatic imine (C=N–C) groups is 1. The van der Waals surface area contributed by atoms with Gasteiger partial charge in [0.25, 0.3) is 0 Å². The lowest BCUT2D eigenvalue weighted by atomic mass is 10.1. The molecule has 9 heteroatoms. The molecule has 1 amide bonds. The Labute approximate surface area is 200 Å². The Balaban J connectivity index is 0.00000320. The number of nitrogens with one attached hydrogen (secondary N) is 2. The molecule has 0 aromatic carbocycles. The van der Waals surface area contributed by atoms with Gasteiger partial charge in [0.15, 0.2) is 5.96 Å². The first-order valence-corrected chi connectivity index (χ1v) is 10.9. The highest BCUT2D eigenvalue weighted by Crippen LogP contribution is 2.17. The standard InChI is InChI=1S/C21H30N6OS.HI/c1-26(2)20(28)16-24-21(23-12-8-18-6-5-15-29-18)25-17-9-13-27(14-10-17)19-7-3-4-11-22-19;/h3-7,11,15,17H,8-10,12-14,16H2,1-2H3,(H2,23,24,25);1H. The summed E-state index contributed by atoms with van der Waals surface area (Å²) in [5.74, 6) is 1.74. The maximum absolute atomic E-state index is 12.0. The molecule has 0 saturated carbocycles. The van der Waals surface area contributed by atoms with Crippen LogP contribution in [0.15, 0.2) is 46.9 Å². The van der Waals surface area contributed by atoms with Crippen molar-refractivity contribution in [2.45, 2.75) is 25.3 Å². The summed E-state index contributed by atoms with van der Waals surface area (Å²) < 4.78 is 0. The second kappa shape index (κ2) is 12.7. The number of nitrogens with zero attached hydrogens (tertiary/aromatic N) is 4. The number of halogens is 1. The van der Waals surface area contributed by atoms with E-state index in [0.717, 1.165) is 44.7 Å². The van der Waals surface area contributed by atoms with Gasteiger partial charge in [-0.05, 0) is 42.8 Å². The molecule has 1 saturated heterocycles. The Morgan fingerprint density at radius 3 is 2.70 bits per heavy atom. The normalized spacial score (nSPS) is 14.7. The Morgan fingerprint density at radius 2 is 2.07 bits per heavy atom. The molecule has 0 spiro atoms. The lowest BCUT2D eigenvalue weighted by Crippen LogP contribution is -2.49. The van der Waals surface area contributed by atoms with Gasteiger partial charge in [0.1, 0.15) is 12.4 Å². The van der Waals surface area contributed by atoms with E-state index in [1.54, 1.807) is 30.3 Å². The molecule has 3 rings (SSSR count). The molecular weight excluding hydrogens is 511 g/mol. The van der Waals surface area contributed by atoms with Crippen molar-refractivity contribution in [3.8, 4) is 0 Å². The minimum Gasteiger partial charge on any atom is -0.356 e. The van der Waals surface area contributed by atoms with E-state index < -0.39 is 0 Å². The number of carbonyl (C=O) groups excluding carboxylic acids is 1. The van der Waals surface area contributed by atoms with Crippen LogP contribution in [0.4, 0.5) is 5.82 Å². The van der Waals surface area contributed by atoms with Crippen LogP contribution >= 0.6 is 35.3 Å². The van der Waals surface area contributed by atoms with Gasteiger partial charge in [0, 0.05) is 50.8 Å². The topological polar surface area (TPSA) is 72.9 Å². The number of guanidine groups is 1. The van der Waals surface area contributed by atoms with Gasteiger partial charge in [-0.2, -0.15) is 0 Å². The molecule has 30 heavy (non-hydrogen) atoms. The zero-order chi connectivity index (χ0) is 20.5. The maximum atomic E-state index is 12.0. The van der Waals surface area contributed by atoms with Gasteiger partial charge in [-0.1, -0.05) is 12.1 Å². The molecule has 0 atom stereocenters. The first-order chi connectivity index (χ1) is 14.1. The van der Waals surface area contributed by atoms with Crippen molar-refractivity contribution in [3.05, 3.63) is 46.8 Å². The molecule has 0 radical (unpaired) electrons. The van der Waals surface area contributed by atoms with Crippen molar-refractivity contribution < 1.29 is 4.79 Å². The molecule has 2 aromatic heterocycles. The summed E-state index contributed by atoms with van der Waals surface area (Å²) in [5.41, 5.74) is 0. The smallest absolute Gasteiger partial charge is 0.243 e. The summed E-state index contributed by atoms with van der Waals surface area (Å²) in [4.78, 5) is 26.1. The number of pyridine rings is 1. The van der Waals surface area contributed by atoms with Crippen LogP contribution in [-0.2, 0) is 11.2 Å². The second-order valence-electron chi connectivity index (χ2n) is 7.30. The van der Waals surface area contributed by atoms with Crippen LogP contribution in [0.25, 0.3) is 0 Å². The Kier molecular flexibility index (Phi) is 10.4. The maximum Gasteiger partial charge on any atom is 0.243 e. The van der Waals surface area contributed by atoms with Crippen molar-refractivity contribution in [3.63, 3.8) is 0 Å². The van der Waals surface area contributed by atoms with E-state index in [4.69, 9.17) is 0 Å². The fourth-order valence-corrected chi connectivity index (χ4v) is 3.90. The molecule has 0 bridgehead atoms. The highest BCUT2D eigenvalue weighted by atomic mass is 127. The van der Waals surface area contributed by atoms with Crippen LogP contribution in [-0.4, -0.2) is 68.1 Å². The van der Waals surface area contributed by atoms with Crippen molar-refractivity contribution in [2.24, 2.45) is 4.99 Å². The SMILES string of the molecule is CN(C)C(=O)CN=C(NCCc1cccs1)NC1CCN(c2ccccn2)CC1.I. The van der Waals surface area contributed by atoms with Crippen LogP contribution in [0, 0.1) is 0 Å². The number of amides is 1. The minimum atomic E-state index is -0.00525. The van der Waals surface area contributed by atoms with Crippen LogP contribution in [0.2, 0.25) is 0 Å². The van der Waals surface area contributed by atoms with Gasteiger partial charge < -0.3 is 20.4 Å². The number of hydrogen-bond donors (Lipinski definition) is 2. The van der Waals surface area contributed by atoms with Crippen LogP contribution in [0.5, 0.6) is 0 Å². The third-order valence-electron chi connectivity index (χ3n) is 4.92. The highest BCUT2D eigenvalue weighted by Gasteiger charge is 2.21. The lowest BCUT2D eigenvalue weighted by Gasteiger charge is -2.33. The molecule has 0 unspecified atom stereocenters. The molecule has 3 heterocycles. The first kappa shape index (κ1) is 24.4. The van der Waals surface area contributed by atoms with Gasteiger partial charge >= 0.3 is 0 Å². The quantitative estimate of drug-likeness (QED) is 0.320. The average Bonchev–Trinajstić information content (AvgIpc) is 3.26. The number of thiophene rings is 1. The summed E-state index contributed by atoms with van der Waals surface area (Å²) in [6.45, 7) is 2.84. The monoisotopic (exact) mass is 542 g/mol. The predicted molar refractivity (Wildman–Crippen MR) is 135 cm³/mol. The zero-order valence-corrected chi connectivity index (χ0v) is 20.7. The summed E-state index contributed by atoms with van der Waals surface area (Å²) in [7, 11) is 3.50. The summed E-state index contributed by atoms with van der Waals surface area (Å²) in [6.07, 6.45) is 4.79. The lowest BCUT2D eigenvalue weighted by molar-refractivity contribution is -0.127. The number of aromatic nitrogens is 1. The van der Waals surface area contributed by atoms with Crippen molar-refractivity contribution in [2.75, 3.05) is 45.2 Å². The molecule has 7 nitrogen and oxygen atoms in total. The number of anilines is 1. The van der Waals surface area contributed by atoms with E-state index in [0.29, 0.717) is 12.0 Å². The second-order valence-corrected chi connectivity index (χ2v) is 8.33. The van der Waals surface area contributed by atoms with Gasteiger partial charge in [-0.3, -0.25) is 4.79 Å². The van der Waals surface area contributed by atoms with Gasteiger partial charge in [-0.15, -0.1) is 35.3 Å². The van der Waals surface area contributed by atoms with Gasteiger partial charge in [0.05, 0.1) is 0 Å². The Bertz CT molecular complexity index is 776. The van der Waals surface area contributed by atoms with Crippen molar-refractivity contribution >= 4 is 53.0 Å². The van der Waals surface area contributed by atoms with E-state index in [9.17, 15) is 4.79 Å². The molecule has 1 aliphatic heterocycles. The molecule has 2 aromatic rings. The van der Waals surface area contributed by atoms with Crippen LogP contribution < -0.4 is 15.5 Å². The third kappa shape index (κ3) is 7.75. The van der Waals surface area contributed by atoms with Crippen LogP contribution in [0.3, 0.4) is 0 Å². The molecule has 164 valence electrons. The Hall–Kier alpha value is -1.88. The van der Waals surface area contributed by atoms with E-state index in [1.807, 2.05) is 18.3 Å². The number of hydrogen-bond acceptors (Lipinski definition) is 5. The van der Waals surface area contributed by atoms with Gasteiger partial charge in [-0.25, -0.2) is 9.98 Å². The first-order valence-electron chi connectivity index (χ1n) is 10.0. The minimum absolute atomic E-state index is 0. The van der Waals surface area contributed by atoms with Crippen molar-refractivity contribution in [1.29, 1.82) is 0 Å². The number of carbonyl (C=O) groups is 1. The fourth-order valence-electron chi connectivity index (χ4n) is 3.19. The molecule has 1 fully saturated rings. The van der Waals surface area contributed by atoms with Crippen molar-refractivity contribution in [1.82, 2.24) is 20.5 Å². The largest absolute Gasteiger partial charge is 0.356 e. The average molecular weight is 542 g/mol. The summed E-state index contributed by atoms with van der Waals surface area (Å²) >= 11 is 1.76.